The van der Waals surface area contributed by atoms with Gasteiger partial charge in [0.15, 0.2) is 0 Å². The second-order valence-electron chi connectivity index (χ2n) is 7.20. The second kappa shape index (κ2) is 6.04. The number of hydrogen-bond donors (Lipinski definition) is 1. The maximum absolute atomic E-state index is 9.50. The fourth-order valence-electron chi connectivity index (χ4n) is 2.53. The summed E-state index contributed by atoms with van der Waals surface area (Å²) in [4.78, 5) is 0. The Hall–Kier alpha value is -0.300. The Balaban J connectivity index is 5.33. The summed E-state index contributed by atoms with van der Waals surface area (Å²) in [6, 6.07) is 0. The molecule has 1 nitrogen and oxygen atoms in total. The van der Waals surface area contributed by atoms with Gasteiger partial charge in [-0.15, -0.1) is 0 Å². The molecular weight excluding hydrogens is 208 g/mol. The minimum atomic E-state index is -0.203. The number of rotatable bonds is 4. The number of aliphatic hydroxyl groups is 1. The third kappa shape index (κ3) is 5.72. The Morgan fingerprint density at radius 1 is 0.941 bits per heavy atom. The molecule has 0 aromatic heterocycles. The lowest BCUT2D eigenvalue weighted by Crippen LogP contribution is -2.20. The molecule has 0 aliphatic carbocycles. The number of allylic oxidation sites excluding steroid dienone is 2. The van der Waals surface area contributed by atoms with Crippen molar-refractivity contribution in [2.24, 2.45) is 10.8 Å². The lowest BCUT2D eigenvalue weighted by Gasteiger charge is -2.33. The Morgan fingerprint density at radius 2 is 1.35 bits per heavy atom. The van der Waals surface area contributed by atoms with Gasteiger partial charge in [-0.05, 0) is 37.0 Å². The van der Waals surface area contributed by atoms with Crippen molar-refractivity contribution in [2.45, 2.75) is 80.8 Å². The van der Waals surface area contributed by atoms with Crippen LogP contribution in [0, 0.1) is 10.8 Å². The highest BCUT2D eigenvalue weighted by atomic mass is 16.3. The predicted octanol–water partition coefficient (Wildman–Crippen LogP) is 4.95. The average Bonchev–Trinajstić information content (AvgIpc) is 2.07. The fraction of sp³-hybridized carbons (Fsp3) is 0.875. The maximum atomic E-state index is 9.50. The molecule has 0 heterocycles. The van der Waals surface area contributed by atoms with Crippen LogP contribution in [0.4, 0.5) is 0 Å². The maximum Gasteiger partial charge on any atom is 0.0515 e. The summed E-state index contributed by atoms with van der Waals surface area (Å²) in [7, 11) is 0. The summed E-state index contributed by atoms with van der Waals surface area (Å²) in [5.41, 5.74) is 3.53. The summed E-state index contributed by atoms with van der Waals surface area (Å²) in [6.45, 7) is 17.8. The van der Waals surface area contributed by atoms with E-state index in [0.717, 1.165) is 19.3 Å². The van der Waals surface area contributed by atoms with Crippen LogP contribution in [-0.4, -0.2) is 11.2 Å². The van der Waals surface area contributed by atoms with Crippen LogP contribution in [-0.2, 0) is 0 Å². The van der Waals surface area contributed by atoms with E-state index in [0.29, 0.717) is 0 Å². The van der Waals surface area contributed by atoms with Gasteiger partial charge < -0.3 is 5.11 Å². The Morgan fingerprint density at radius 3 is 1.59 bits per heavy atom. The van der Waals surface area contributed by atoms with Crippen molar-refractivity contribution in [2.75, 3.05) is 0 Å². The third-order valence-electron chi connectivity index (χ3n) is 3.34. The SMILES string of the molecule is CC/C(=C(\CCC(C)O)C(C)(C)C)C(C)(C)C. The highest BCUT2D eigenvalue weighted by molar-refractivity contribution is 5.24. The van der Waals surface area contributed by atoms with Gasteiger partial charge in [-0.25, -0.2) is 0 Å². The molecule has 1 atom stereocenters. The summed E-state index contributed by atoms with van der Waals surface area (Å²) >= 11 is 0. The number of hydrogen-bond acceptors (Lipinski definition) is 1. The van der Waals surface area contributed by atoms with Crippen LogP contribution in [0.25, 0.3) is 0 Å². The third-order valence-corrected chi connectivity index (χ3v) is 3.34. The van der Waals surface area contributed by atoms with Gasteiger partial charge in [0.05, 0.1) is 6.10 Å². The van der Waals surface area contributed by atoms with E-state index in [1.54, 1.807) is 5.57 Å². The van der Waals surface area contributed by atoms with Crippen molar-refractivity contribution in [1.82, 2.24) is 0 Å². The molecule has 0 saturated heterocycles. The lowest BCUT2D eigenvalue weighted by molar-refractivity contribution is 0.182. The zero-order chi connectivity index (χ0) is 13.9. The predicted molar refractivity (Wildman–Crippen MR) is 77.1 cm³/mol. The van der Waals surface area contributed by atoms with E-state index in [-0.39, 0.29) is 16.9 Å². The van der Waals surface area contributed by atoms with Gasteiger partial charge in [0.1, 0.15) is 0 Å². The Labute approximate surface area is 108 Å². The van der Waals surface area contributed by atoms with Gasteiger partial charge in [0.2, 0.25) is 0 Å². The van der Waals surface area contributed by atoms with E-state index in [1.165, 1.54) is 5.57 Å². The molecule has 0 bridgehead atoms. The standard InChI is InChI=1S/C16H32O/c1-9-13(15(3,4)5)14(16(6,7)8)11-10-12(2)17/h12,17H,9-11H2,1-8H3/b14-13-. The summed E-state index contributed by atoms with van der Waals surface area (Å²) in [5.74, 6) is 0. The molecular formula is C16H32O. The molecule has 0 fully saturated rings. The molecule has 0 aliphatic heterocycles. The van der Waals surface area contributed by atoms with Crippen LogP contribution in [0.3, 0.4) is 0 Å². The molecule has 0 aromatic carbocycles. The first-order valence-corrected chi connectivity index (χ1v) is 6.91. The van der Waals surface area contributed by atoms with Crippen molar-refractivity contribution in [3.05, 3.63) is 11.1 Å². The topological polar surface area (TPSA) is 20.2 Å². The van der Waals surface area contributed by atoms with Crippen LogP contribution in [0.2, 0.25) is 0 Å². The quantitative estimate of drug-likeness (QED) is 0.690. The molecule has 0 aliphatic rings. The van der Waals surface area contributed by atoms with Crippen molar-refractivity contribution in [3.63, 3.8) is 0 Å². The van der Waals surface area contributed by atoms with Crippen molar-refractivity contribution >= 4 is 0 Å². The van der Waals surface area contributed by atoms with E-state index in [2.05, 4.69) is 48.5 Å². The Kier molecular flexibility index (Phi) is 5.93. The molecule has 1 N–H and O–H groups in total. The summed E-state index contributed by atoms with van der Waals surface area (Å²) < 4.78 is 0. The van der Waals surface area contributed by atoms with E-state index < -0.39 is 0 Å². The highest BCUT2D eigenvalue weighted by Crippen LogP contribution is 2.40. The molecule has 17 heavy (non-hydrogen) atoms. The minimum absolute atomic E-state index is 0.202. The minimum Gasteiger partial charge on any atom is -0.393 e. The molecule has 0 spiro atoms. The van der Waals surface area contributed by atoms with Crippen molar-refractivity contribution < 1.29 is 5.11 Å². The molecule has 102 valence electrons. The van der Waals surface area contributed by atoms with Crippen LogP contribution in [0.1, 0.15) is 74.7 Å². The van der Waals surface area contributed by atoms with Gasteiger partial charge in [-0.3, -0.25) is 0 Å². The summed E-state index contributed by atoms with van der Waals surface area (Å²) in [5, 5.41) is 9.50. The van der Waals surface area contributed by atoms with E-state index in [1.807, 2.05) is 6.92 Å². The molecule has 0 radical (unpaired) electrons. The van der Waals surface area contributed by atoms with Gasteiger partial charge in [-0.2, -0.15) is 0 Å². The summed E-state index contributed by atoms with van der Waals surface area (Å²) in [6.07, 6.45) is 2.79. The van der Waals surface area contributed by atoms with Crippen LogP contribution in [0.5, 0.6) is 0 Å². The van der Waals surface area contributed by atoms with Gasteiger partial charge in [0.25, 0.3) is 0 Å². The van der Waals surface area contributed by atoms with Crippen molar-refractivity contribution in [3.8, 4) is 0 Å². The average molecular weight is 240 g/mol. The monoisotopic (exact) mass is 240 g/mol. The lowest BCUT2D eigenvalue weighted by atomic mass is 9.72. The van der Waals surface area contributed by atoms with Crippen molar-refractivity contribution in [1.29, 1.82) is 0 Å². The second-order valence-corrected chi connectivity index (χ2v) is 7.20. The normalized spacial score (nSPS) is 16.8. The van der Waals surface area contributed by atoms with Crippen LogP contribution < -0.4 is 0 Å². The molecule has 0 saturated carbocycles. The van der Waals surface area contributed by atoms with Crippen LogP contribution in [0.15, 0.2) is 11.1 Å². The van der Waals surface area contributed by atoms with Gasteiger partial charge in [0, 0.05) is 0 Å². The van der Waals surface area contributed by atoms with E-state index in [4.69, 9.17) is 0 Å². The molecule has 1 heteroatoms. The Bertz CT molecular complexity index is 258. The first-order chi connectivity index (χ1) is 7.50. The number of aliphatic hydroxyl groups excluding tert-OH is 1. The largest absolute Gasteiger partial charge is 0.393 e. The molecule has 0 amide bonds. The van der Waals surface area contributed by atoms with E-state index in [9.17, 15) is 5.11 Å². The fourth-order valence-corrected chi connectivity index (χ4v) is 2.53. The van der Waals surface area contributed by atoms with Gasteiger partial charge in [-0.1, -0.05) is 59.6 Å². The zero-order valence-electron chi connectivity index (χ0n) is 13.1. The van der Waals surface area contributed by atoms with Gasteiger partial charge >= 0.3 is 0 Å². The first kappa shape index (κ1) is 16.7. The van der Waals surface area contributed by atoms with E-state index >= 15 is 0 Å². The first-order valence-electron chi connectivity index (χ1n) is 6.91. The highest BCUT2D eigenvalue weighted by Gasteiger charge is 2.26. The molecule has 0 aromatic rings. The molecule has 1 unspecified atom stereocenters. The van der Waals surface area contributed by atoms with Crippen LogP contribution >= 0.6 is 0 Å². The smallest absolute Gasteiger partial charge is 0.0515 e. The zero-order valence-corrected chi connectivity index (χ0v) is 13.1. The molecule has 0 rings (SSSR count).